The predicted molar refractivity (Wildman–Crippen MR) is 185 cm³/mol. The highest BCUT2D eigenvalue weighted by Gasteiger charge is 2.28. The first kappa shape index (κ1) is 32.0. The molecule has 0 radical (unpaired) electrons. The molecular formula is C32H42ClN8O2P. The van der Waals surface area contributed by atoms with Gasteiger partial charge in [0.25, 0.3) is 0 Å². The molecule has 12 heteroatoms. The van der Waals surface area contributed by atoms with Crippen LogP contribution in [-0.4, -0.2) is 98.5 Å². The number of para-hydroxylation sites is 1. The minimum Gasteiger partial charge on any atom is -0.494 e. The van der Waals surface area contributed by atoms with E-state index in [-0.39, 0.29) is 13.8 Å². The number of halogens is 1. The summed E-state index contributed by atoms with van der Waals surface area (Å²) in [6, 6.07) is 12.6. The third-order valence-corrected chi connectivity index (χ3v) is 9.88. The van der Waals surface area contributed by atoms with Gasteiger partial charge in [0.1, 0.15) is 10.8 Å². The molecule has 0 aliphatic carbocycles. The summed E-state index contributed by atoms with van der Waals surface area (Å²) in [5.74, 6) is 1.16. The molecule has 2 aromatic carbocycles. The quantitative estimate of drug-likeness (QED) is 0.201. The zero-order chi connectivity index (χ0) is 31.2. The number of hydrogen-bond acceptors (Lipinski definition) is 9. The fraction of sp³-hybridized carbons (Fsp3) is 0.406. The van der Waals surface area contributed by atoms with E-state index in [2.05, 4.69) is 73.6 Å². The van der Waals surface area contributed by atoms with E-state index in [9.17, 15) is 4.79 Å². The zero-order valence-corrected chi connectivity index (χ0v) is 27.6. The van der Waals surface area contributed by atoms with Gasteiger partial charge in [-0.3, -0.25) is 9.69 Å². The van der Waals surface area contributed by atoms with Gasteiger partial charge >= 0.3 is 0 Å². The van der Waals surface area contributed by atoms with E-state index in [1.807, 2.05) is 30.3 Å². The molecule has 0 unspecified atom stereocenters. The lowest BCUT2D eigenvalue weighted by Gasteiger charge is -2.43. The Hall–Kier alpha value is -3.43. The van der Waals surface area contributed by atoms with Crippen LogP contribution in [0.15, 0.2) is 55.3 Å². The molecule has 3 heterocycles. The molecule has 3 N–H and O–H groups in total. The van der Waals surface area contributed by atoms with E-state index in [0.717, 1.165) is 63.5 Å². The van der Waals surface area contributed by atoms with E-state index in [1.54, 1.807) is 13.3 Å². The molecule has 2 aliphatic heterocycles. The van der Waals surface area contributed by atoms with Crippen molar-refractivity contribution in [2.45, 2.75) is 18.9 Å². The molecule has 1 aromatic heterocycles. The Bertz CT molecular complexity index is 1470. The minimum absolute atomic E-state index is 0.283. The number of carbonyl (C=O) groups excluding carboxylic acids is 1. The normalized spacial score (nSPS) is 16.5. The summed E-state index contributed by atoms with van der Waals surface area (Å²) < 4.78 is 5.82. The van der Waals surface area contributed by atoms with Gasteiger partial charge in [-0.2, -0.15) is 4.98 Å². The molecule has 0 saturated carbocycles. The second-order valence-corrected chi connectivity index (χ2v) is 14.1. The number of hydrogen-bond donors (Lipinski definition) is 3. The van der Waals surface area contributed by atoms with Gasteiger partial charge in [0.15, 0.2) is 5.82 Å². The van der Waals surface area contributed by atoms with Crippen molar-refractivity contribution in [2.24, 2.45) is 0 Å². The van der Waals surface area contributed by atoms with Gasteiger partial charge in [-0.15, -0.1) is 0 Å². The molecule has 1 amide bonds. The summed E-state index contributed by atoms with van der Waals surface area (Å²) in [4.78, 5) is 28.9. The highest BCUT2D eigenvalue weighted by Crippen LogP contribution is 2.40. The number of nitrogens with one attached hydrogen (secondary N) is 3. The highest BCUT2D eigenvalue weighted by molar-refractivity contribution is 7.64. The highest BCUT2D eigenvalue weighted by atomic mass is 35.5. The molecule has 0 spiro atoms. The first-order valence-corrected chi connectivity index (χ1v) is 17.5. The third-order valence-electron chi connectivity index (χ3n) is 8.25. The Morgan fingerprint density at radius 2 is 1.77 bits per heavy atom. The van der Waals surface area contributed by atoms with Crippen LogP contribution in [0.4, 0.5) is 34.5 Å². The van der Waals surface area contributed by atoms with Crippen molar-refractivity contribution in [2.75, 3.05) is 87.6 Å². The zero-order valence-electron chi connectivity index (χ0n) is 25.9. The van der Waals surface area contributed by atoms with Crippen molar-refractivity contribution in [1.82, 2.24) is 19.8 Å². The molecule has 3 aromatic rings. The fourth-order valence-corrected chi connectivity index (χ4v) is 6.91. The summed E-state index contributed by atoms with van der Waals surface area (Å²) in [6.07, 6.45) is 4.97. The number of benzene rings is 2. The van der Waals surface area contributed by atoms with Gasteiger partial charge in [0, 0.05) is 57.1 Å². The number of aromatic nitrogens is 2. The molecule has 2 saturated heterocycles. The number of likely N-dealkylation sites (N-methyl/N-ethyl adjacent to an activating group) is 1. The molecule has 234 valence electrons. The van der Waals surface area contributed by atoms with Crippen LogP contribution in [0.1, 0.15) is 12.8 Å². The lowest BCUT2D eigenvalue weighted by atomic mass is 10.0. The number of nitrogens with zero attached hydrogens (tertiary/aromatic N) is 5. The Labute approximate surface area is 266 Å². The Kier molecular flexibility index (Phi) is 10.6. The summed E-state index contributed by atoms with van der Waals surface area (Å²) in [5, 5.41) is 11.3. The van der Waals surface area contributed by atoms with Gasteiger partial charge < -0.3 is 30.5 Å². The average molecular weight is 637 g/mol. The average Bonchev–Trinajstić information content (AvgIpc) is 3.03. The maximum Gasteiger partial charge on any atom is 0.247 e. The first-order valence-electron chi connectivity index (χ1n) is 14.9. The molecule has 44 heavy (non-hydrogen) atoms. The maximum absolute atomic E-state index is 12.5. The molecule has 0 atom stereocenters. The number of piperazine rings is 1. The number of piperidine rings is 1. The summed E-state index contributed by atoms with van der Waals surface area (Å²) >= 11 is 6.51. The van der Waals surface area contributed by atoms with Crippen LogP contribution in [0.3, 0.4) is 0 Å². The van der Waals surface area contributed by atoms with Crippen LogP contribution in [-0.2, 0) is 4.79 Å². The molecule has 10 nitrogen and oxygen atoms in total. The van der Waals surface area contributed by atoms with Crippen molar-refractivity contribution >= 4 is 65.2 Å². The van der Waals surface area contributed by atoms with Crippen LogP contribution in [0, 0.1) is 0 Å². The van der Waals surface area contributed by atoms with Crippen molar-refractivity contribution in [3.8, 4) is 5.75 Å². The third kappa shape index (κ3) is 7.61. The van der Waals surface area contributed by atoms with Crippen LogP contribution in [0.5, 0.6) is 5.75 Å². The van der Waals surface area contributed by atoms with E-state index in [0.29, 0.717) is 40.0 Å². The largest absolute Gasteiger partial charge is 0.494 e. The first-order chi connectivity index (χ1) is 21.2. The Balaban J connectivity index is 1.38. The number of ether oxygens (including phenoxy) is 1. The second-order valence-electron chi connectivity index (χ2n) is 11.4. The van der Waals surface area contributed by atoms with Crippen LogP contribution < -0.4 is 30.9 Å². The minimum atomic E-state index is -0.336. The molecule has 0 bridgehead atoms. The predicted octanol–water partition coefficient (Wildman–Crippen LogP) is 5.33. The number of rotatable bonds is 10. The van der Waals surface area contributed by atoms with Gasteiger partial charge in [0.05, 0.1) is 30.4 Å². The summed E-state index contributed by atoms with van der Waals surface area (Å²) in [6.45, 7) is 14.3. The van der Waals surface area contributed by atoms with Crippen molar-refractivity contribution in [3.05, 3.63) is 60.3 Å². The van der Waals surface area contributed by atoms with Crippen molar-refractivity contribution in [3.63, 3.8) is 0 Å². The van der Waals surface area contributed by atoms with Crippen LogP contribution in [0.2, 0.25) is 5.02 Å². The summed E-state index contributed by atoms with van der Waals surface area (Å²) in [5.41, 5.74) is 3.15. The molecule has 2 aliphatic rings. The standard InChI is InChI=1S/C32H42ClN8O2P/c1-6-30(42)35-25-19-26(37-32-34-21-23(33)31(38-32)36-24-9-7-8-10-29(24)44(4)5)28(43-3)20-27(25)41-13-11-22(12-14-41)40-17-15-39(2)16-18-40/h6-10,19-22H,1,11-18H2,2-5H3,(H,35,42)(H2,34,36,37,38). The van der Waals surface area contributed by atoms with Crippen molar-refractivity contribution in [1.29, 1.82) is 0 Å². The Morgan fingerprint density at radius 3 is 2.45 bits per heavy atom. The number of carbonyl (C=O) groups is 1. The van der Waals surface area contributed by atoms with E-state index in [4.69, 9.17) is 16.3 Å². The number of methoxy groups -OCH3 is 1. The van der Waals surface area contributed by atoms with Crippen LogP contribution in [0.25, 0.3) is 0 Å². The second kappa shape index (κ2) is 14.6. The molecule has 5 rings (SSSR count). The lowest BCUT2D eigenvalue weighted by Crippen LogP contribution is -2.52. The molecular weight excluding hydrogens is 595 g/mol. The maximum atomic E-state index is 12.5. The smallest absolute Gasteiger partial charge is 0.247 e. The van der Waals surface area contributed by atoms with E-state index in [1.165, 1.54) is 11.4 Å². The summed E-state index contributed by atoms with van der Waals surface area (Å²) in [7, 11) is 3.48. The number of anilines is 6. The van der Waals surface area contributed by atoms with Gasteiger partial charge in [-0.05, 0) is 56.7 Å². The SMILES string of the molecule is C=CC(=O)Nc1cc(Nc2ncc(Cl)c(Nc3ccccc3P(C)C)n2)c(OC)cc1N1CCC(N2CCN(C)CC2)CC1. The monoisotopic (exact) mass is 636 g/mol. The van der Waals surface area contributed by atoms with Gasteiger partial charge in [-0.1, -0.05) is 44.3 Å². The molecule has 2 fully saturated rings. The topological polar surface area (TPSA) is 97.9 Å². The van der Waals surface area contributed by atoms with Gasteiger partial charge in [-0.25, -0.2) is 4.98 Å². The van der Waals surface area contributed by atoms with Crippen molar-refractivity contribution < 1.29 is 9.53 Å². The lowest BCUT2D eigenvalue weighted by molar-refractivity contribution is -0.111. The van der Waals surface area contributed by atoms with E-state index < -0.39 is 0 Å². The Morgan fingerprint density at radius 1 is 1.05 bits per heavy atom. The van der Waals surface area contributed by atoms with Crippen LogP contribution >= 0.6 is 19.5 Å². The van der Waals surface area contributed by atoms with E-state index >= 15 is 0 Å². The fourth-order valence-electron chi connectivity index (χ4n) is 5.77. The van der Waals surface area contributed by atoms with Gasteiger partial charge in [0.2, 0.25) is 11.9 Å². The number of amides is 1.